The average molecular weight is 286 g/mol. The number of carbonyl (C=O) groups excluding carboxylic acids is 1. The minimum atomic E-state index is -3.96. The molecule has 19 heavy (non-hydrogen) atoms. The van der Waals surface area contributed by atoms with Crippen molar-refractivity contribution in [1.29, 1.82) is 0 Å². The van der Waals surface area contributed by atoms with Crippen LogP contribution in [-0.4, -0.2) is 31.1 Å². The third-order valence-electron chi connectivity index (χ3n) is 2.90. The minimum absolute atomic E-state index is 0.118. The number of rotatable bonds is 5. The molecule has 0 aromatic carbocycles. The fourth-order valence-electron chi connectivity index (χ4n) is 1.82. The van der Waals surface area contributed by atoms with Crippen molar-refractivity contribution in [3.63, 3.8) is 0 Å². The Balaban J connectivity index is 2.32. The molecule has 1 heterocycles. The highest BCUT2D eigenvalue weighted by molar-refractivity contribution is 7.89. The molecule has 1 aromatic heterocycles. The van der Waals surface area contributed by atoms with Gasteiger partial charge in [-0.2, -0.15) is 5.10 Å². The summed E-state index contributed by atoms with van der Waals surface area (Å²) in [6.45, 7) is 4.34. The number of nitrogens with zero attached hydrogens (tertiary/aromatic N) is 1. The Morgan fingerprint density at radius 1 is 1.53 bits per heavy atom. The van der Waals surface area contributed by atoms with Crippen LogP contribution in [0.5, 0.6) is 0 Å². The minimum Gasteiger partial charge on any atom is -0.350 e. The SMILES string of the molecule is CC(C)CNC(=O)c1n[nH]c(C2CC2)c1S(N)(=O)=O. The first-order valence-corrected chi connectivity index (χ1v) is 7.74. The molecule has 0 unspecified atom stereocenters. The Labute approximate surface area is 112 Å². The van der Waals surface area contributed by atoms with E-state index in [-0.39, 0.29) is 22.4 Å². The summed E-state index contributed by atoms with van der Waals surface area (Å²) in [4.78, 5) is 11.8. The lowest BCUT2D eigenvalue weighted by Gasteiger charge is -2.07. The normalized spacial score (nSPS) is 15.8. The van der Waals surface area contributed by atoms with E-state index >= 15 is 0 Å². The van der Waals surface area contributed by atoms with E-state index in [9.17, 15) is 13.2 Å². The molecule has 0 radical (unpaired) electrons. The summed E-state index contributed by atoms with van der Waals surface area (Å²) in [7, 11) is -3.96. The number of H-pyrrole nitrogens is 1. The summed E-state index contributed by atoms with van der Waals surface area (Å²) < 4.78 is 23.3. The Bertz CT molecular complexity index is 587. The maximum atomic E-state index is 12.0. The van der Waals surface area contributed by atoms with Crippen molar-refractivity contribution in [1.82, 2.24) is 15.5 Å². The summed E-state index contributed by atoms with van der Waals surface area (Å²) >= 11 is 0. The van der Waals surface area contributed by atoms with E-state index in [1.54, 1.807) is 0 Å². The van der Waals surface area contributed by atoms with Crippen LogP contribution < -0.4 is 10.5 Å². The number of nitrogens with two attached hydrogens (primary N) is 1. The number of sulfonamides is 1. The first-order chi connectivity index (χ1) is 8.80. The lowest BCUT2D eigenvalue weighted by Crippen LogP contribution is -2.29. The molecule has 0 atom stereocenters. The van der Waals surface area contributed by atoms with Crippen LogP contribution in [0.3, 0.4) is 0 Å². The number of amides is 1. The van der Waals surface area contributed by atoms with Gasteiger partial charge in [0.15, 0.2) is 5.69 Å². The lowest BCUT2D eigenvalue weighted by atomic mass is 10.2. The van der Waals surface area contributed by atoms with E-state index in [2.05, 4.69) is 15.5 Å². The van der Waals surface area contributed by atoms with Crippen molar-refractivity contribution < 1.29 is 13.2 Å². The maximum absolute atomic E-state index is 12.0. The molecule has 1 amide bonds. The second-order valence-electron chi connectivity index (χ2n) is 5.24. The predicted octanol–water partition coefficient (Wildman–Crippen LogP) is 0.320. The number of hydrogen-bond donors (Lipinski definition) is 3. The van der Waals surface area contributed by atoms with Gasteiger partial charge in [0.2, 0.25) is 10.0 Å². The van der Waals surface area contributed by atoms with Crippen molar-refractivity contribution in [3.8, 4) is 0 Å². The molecule has 4 N–H and O–H groups in total. The first kappa shape index (κ1) is 14.0. The van der Waals surface area contributed by atoms with Crippen molar-refractivity contribution in [2.75, 3.05) is 6.54 Å². The monoisotopic (exact) mass is 286 g/mol. The van der Waals surface area contributed by atoms with Crippen molar-refractivity contribution in [3.05, 3.63) is 11.4 Å². The third-order valence-corrected chi connectivity index (χ3v) is 3.89. The number of carbonyl (C=O) groups is 1. The van der Waals surface area contributed by atoms with E-state index in [1.165, 1.54) is 0 Å². The van der Waals surface area contributed by atoms with Crippen LogP contribution in [0.2, 0.25) is 0 Å². The van der Waals surface area contributed by atoms with Gasteiger partial charge in [0.1, 0.15) is 4.90 Å². The zero-order chi connectivity index (χ0) is 14.2. The van der Waals surface area contributed by atoms with Crippen molar-refractivity contribution in [2.45, 2.75) is 37.5 Å². The van der Waals surface area contributed by atoms with Gasteiger partial charge >= 0.3 is 0 Å². The van der Waals surface area contributed by atoms with Gasteiger partial charge in [-0.15, -0.1) is 0 Å². The standard InChI is InChI=1S/C11H18N4O3S/c1-6(2)5-13-11(16)9-10(19(12,17)18)8(14-15-9)7-3-4-7/h6-7H,3-5H2,1-2H3,(H,13,16)(H,14,15)(H2,12,17,18). The summed E-state index contributed by atoms with van der Waals surface area (Å²) in [5.41, 5.74) is 0.322. The summed E-state index contributed by atoms with van der Waals surface area (Å²) in [6.07, 6.45) is 1.77. The summed E-state index contributed by atoms with van der Waals surface area (Å²) in [5.74, 6) is -0.128. The number of aromatic amines is 1. The van der Waals surface area contributed by atoms with Crippen LogP contribution in [0.15, 0.2) is 4.90 Å². The molecule has 2 rings (SSSR count). The lowest BCUT2D eigenvalue weighted by molar-refractivity contribution is 0.0940. The molecule has 1 fully saturated rings. The fraction of sp³-hybridized carbons (Fsp3) is 0.636. The van der Waals surface area contributed by atoms with E-state index < -0.39 is 15.9 Å². The summed E-state index contributed by atoms with van der Waals surface area (Å²) in [6, 6.07) is 0. The van der Waals surface area contributed by atoms with E-state index in [4.69, 9.17) is 5.14 Å². The molecule has 1 saturated carbocycles. The molecule has 7 nitrogen and oxygen atoms in total. The smallest absolute Gasteiger partial charge is 0.273 e. The van der Waals surface area contributed by atoms with Gasteiger partial charge in [-0.25, -0.2) is 13.6 Å². The number of primary sulfonamides is 1. The zero-order valence-electron chi connectivity index (χ0n) is 10.9. The number of aromatic nitrogens is 2. The van der Waals surface area contributed by atoms with E-state index in [0.717, 1.165) is 12.8 Å². The molecule has 0 spiro atoms. The second kappa shape index (κ2) is 4.93. The van der Waals surface area contributed by atoms with Gasteiger partial charge < -0.3 is 5.32 Å². The van der Waals surface area contributed by atoms with Gasteiger partial charge in [0, 0.05) is 12.5 Å². The highest BCUT2D eigenvalue weighted by Crippen LogP contribution is 2.42. The van der Waals surface area contributed by atoms with Crippen molar-refractivity contribution >= 4 is 15.9 Å². The van der Waals surface area contributed by atoms with Gasteiger partial charge in [-0.3, -0.25) is 9.89 Å². The van der Waals surface area contributed by atoms with E-state index in [1.807, 2.05) is 13.8 Å². The highest BCUT2D eigenvalue weighted by atomic mass is 32.2. The van der Waals surface area contributed by atoms with Gasteiger partial charge in [0.05, 0.1) is 5.69 Å². The van der Waals surface area contributed by atoms with Crippen LogP contribution in [-0.2, 0) is 10.0 Å². The Hall–Kier alpha value is -1.41. The van der Waals surface area contributed by atoms with E-state index in [0.29, 0.717) is 12.2 Å². The largest absolute Gasteiger partial charge is 0.350 e. The van der Waals surface area contributed by atoms with Gasteiger partial charge in [-0.05, 0) is 18.8 Å². The molecular formula is C11H18N4O3S. The average Bonchev–Trinajstić information content (AvgIpc) is 3.03. The molecule has 0 saturated heterocycles. The number of hydrogen-bond acceptors (Lipinski definition) is 4. The van der Waals surface area contributed by atoms with Gasteiger partial charge in [0.25, 0.3) is 5.91 Å². The van der Waals surface area contributed by atoms with Crippen LogP contribution in [0.25, 0.3) is 0 Å². The summed E-state index contributed by atoms with van der Waals surface area (Å²) in [5, 5.41) is 14.3. The van der Waals surface area contributed by atoms with Gasteiger partial charge in [-0.1, -0.05) is 13.8 Å². The van der Waals surface area contributed by atoms with Crippen molar-refractivity contribution in [2.24, 2.45) is 11.1 Å². The second-order valence-corrected chi connectivity index (χ2v) is 6.74. The molecule has 106 valence electrons. The Morgan fingerprint density at radius 2 is 2.16 bits per heavy atom. The molecule has 0 aliphatic heterocycles. The molecule has 1 aliphatic carbocycles. The first-order valence-electron chi connectivity index (χ1n) is 6.20. The predicted molar refractivity (Wildman–Crippen MR) is 69.1 cm³/mol. The van der Waals surface area contributed by atoms with Crippen LogP contribution >= 0.6 is 0 Å². The maximum Gasteiger partial charge on any atom is 0.273 e. The molecule has 0 bridgehead atoms. The fourth-order valence-corrected chi connectivity index (χ4v) is 2.74. The highest BCUT2D eigenvalue weighted by Gasteiger charge is 2.35. The Morgan fingerprint density at radius 3 is 2.63 bits per heavy atom. The Kier molecular flexibility index (Phi) is 3.64. The van der Waals surface area contributed by atoms with Crippen LogP contribution in [0.4, 0.5) is 0 Å². The number of nitrogens with one attached hydrogen (secondary N) is 2. The molecule has 1 aromatic rings. The van der Waals surface area contributed by atoms with Crippen LogP contribution in [0.1, 0.15) is 48.8 Å². The zero-order valence-corrected chi connectivity index (χ0v) is 11.8. The topological polar surface area (TPSA) is 118 Å². The molecular weight excluding hydrogens is 268 g/mol. The van der Waals surface area contributed by atoms with Crippen LogP contribution in [0, 0.1) is 5.92 Å². The molecule has 8 heteroatoms. The quantitative estimate of drug-likeness (QED) is 0.722. The third kappa shape index (κ3) is 3.13. The molecule has 1 aliphatic rings.